The van der Waals surface area contributed by atoms with E-state index >= 15 is 0 Å². The van der Waals surface area contributed by atoms with Crippen molar-refractivity contribution in [2.75, 3.05) is 10.6 Å². The Bertz CT molecular complexity index is 633. The third kappa shape index (κ3) is 1.64. The molecule has 0 saturated carbocycles. The van der Waals surface area contributed by atoms with Gasteiger partial charge < -0.3 is 20.8 Å². The van der Waals surface area contributed by atoms with Gasteiger partial charge in [0.05, 0.1) is 18.6 Å². The Kier molecular flexibility index (Phi) is 2.16. The molecule has 6 heteroatoms. The van der Waals surface area contributed by atoms with Gasteiger partial charge in [-0.3, -0.25) is 4.98 Å². The predicted octanol–water partition coefficient (Wildman–Crippen LogP) is 1.69. The van der Waals surface area contributed by atoms with Crippen LogP contribution in [0.4, 0.5) is 17.1 Å². The third-order valence-corrected chi connectivity index (χ3v) is 2.85. The van der Waals surface area contributed by atoms with Gasteiger partial charge in [-0.25, -0.2) is 4.99 Å². The minimum absolute atomic E-state index is 0.0886. The molecule has 0 bridgehead atoms. The normalized spacial score (nSPS) is 13.7. The molecule has 0 saturated heterocycles. The average Bonchev–Trinajstić information content (AvgIpc) is 2.67. The van der Waals surface area contributed by atoms with Crippen LogP contribution in [0.1, 0.15) is 5.56 Å². The highest BCUT2D eigenvalue weighted by Gasteiger charge is 2.18. The summed E-state index contributed by atoms with van der Waals surface area (Å²) < 4.78 is 0. The highest BCUT2D eigenvalue weighted by atomic mass is 16.3. The van der Waals surface area contributed by atoms with Crippen LogP contribution in [0.25, 0.3) is 0 Å². The number of nitrogens with zero attached hydrogens (tertiary/aromatic N) is 2. The van der Waals surface area contributed by atoms with E-state index in [1.165, 1.54) is 6.07 Å². The first-order chi connectivity index (χ1) is 8.63. The van der Waals surface area contributed by atoms with Crippen LogP contribution in [-0.2, 0) is 6.54 Å². The van der Waals surface area contributed by atoms with Crippen LogP contribution in [-0.4, -0.2) is 21.5 Å². The zero-order valence-corrected chi connectivity index (χ0v) is 9.46. The Labute approximate surface area is 103 Å². The second-order valence-electron chi connectivity index (χ2n) is 4.15. The summed E-state index contributed by atoms with van der Waals surface area (Å²) in [5, 5.41) is 18.9. The summed E-state index contributed by atoms with van der Waals surface area (Å²) >= 11 is 0. The van der Waals surface area contributed by atoms with Crippen molar-refractivity contribution in [2.24, 2.45) is 4.99 Å². The molecule has 0 radical (unpaired) electrons. The average molecular weight is 244 g/mol. The summed E-state index contributed by atoms with van der Waals surface area (Å²) in [7, 11) is 0. The summed E-state index contributed by atoms with van der Waals surface area (Å²) in [4.78, 5) is 8.43. The van der Waals surface area contributed by atoms with E-state index in [0.29, 0.717) is 17.9 Å². The Morgan fingerprint density at radius 1 is 1.28 bits per heavy atom. The quantitative estimate of drug-likeness (QED) is 0.574. The molecule has 0 spiro atoms. The molecule has 0 unspecified atom stereocenters. The standard InChI is InChI=1S/C12H12N4O2/c13-8-1-2-9-7(3-8)5-16(6-14-9)10-4-11(17)15-12(10)18/h1-4,6,15,17-18H,5,13H2. The lowest BCUT2D eigenvalue weighted by Crippen LogP contribution is -2.22. The minimum atomic E-state index is -0.0914. The number of hydrogen-bond acceptors (Lipinski definition) is 5. The number of rotatable bonds is 1. The van der Waals surface area contributed by atoms with Crippen LogP contribution in [0.15, 0.2) is 29.3 Å². The summed E-state index contributed by atoms with van der Waals surface area (Å²) in [6, 6.07) is 6.94. The molecule has 1 aliphatic heterocycles. The monoisotopic (exact) mass is 244 g/mol. The molecule has 6 nitrogen and oxygen atoms in total. The second-order valence-corrected chi connectivity index (χ2v) is 4.15. The molecule has 0 fully saturated rings. The van der Waals surface area contributed by atoms with E-state index < -0.39 is 0 Å². The number of hydrogen-bond donors (Lipinski definition) is 4. The Morgan fingerprint density at radius 2 is 2.11 bits per heavy atom. The zero-order chi connectivity index (χ0) is 12.7. The van der Waals surface area contributed by atoms with E-state index in [-0.39, 0.29) is 11.8 Å². The summed E-state index contributed by atoms with van der Waals surface area (Å²) in [5.74, 6) is -0.180. The molecular formula is C12H12N4O2. The lowest BCUT2D eigenvalue weighted by molar-refractivity contribution is 0.425. The molecule has 0 aliphatic carbocycles. The largest absolute Gasteiger partial charge is 0.494 e. The van der Waals surface area contributed by atoms with Crippen molar-refractivity contribution in [3.05, 3.63) is 29.8 Å². The predicted molar refractivity (Wildman–Crippen MR) is 69.3 cm³/mol. The number of nitrogens with two attached hydrogens (primary N) is 1. The van der Waals surface area contributed by atoms with E-state index in [1.807, 2.05) is 12.1 Å². The van der Waals surface area contributed by atoms with Gasteiger partial charge in [-0.1, -0.05) is 0 Å². The van der Waals surface area contributed by atoms with E-state index in [9.17, 15) is 10.2 Å². The zero-order valence-electron chi connectivity index (χ0n) is 9.46. The SMILES string of the molecule is Nc1ccc2c(c1)CN(c1cc(O)[nH]c1O)C=N2. The van der Waals surface area contributed by atoms with Crippen LogP contribution < -0.4 is 10.6 Å². The fourth-order valence-corrected chi connectivity index (χ4v) is 2.00. The molecule has 18 heavy (non-hydrogen) atoms. The van der Waals surface area contributed by atoms with Gasteiger partial charge in [0.1, 0.15) is 5.69 Å². The molecule has 5 N–H and O–H groups in total. The highest BCUT2D eigenvalue weighted by molar-refractivity contribution is 5.86. The molecule has 2 heterocycles. The number of nitrogens with one attached hydrogen (secondary N) is 1. The van der Waals surface area contributed by atoms with E-state index in [0.717, 1.165) is 11.3 Å². The Balaban J connectivity index is 1.98. The minimum Gasteiger partial charge on any atom is -0.494 e. The van der Waals surface area contributed by atoms with Gasteiger partial charge >= 0.3 is 0 Å². The van der Waals surface area contributed by atoms with Crippen molar-refractivity contribution in [1.82, 2.24) is 4.98 Å². The summed E-state index contributed by atoms with van der Waals surface area (Å²) in [6.45, 7) is 0.536. The van der Waals surface area contributed by atoms with Crippen LogP contribution in [0.2, 0.25) is 0 Å². The lowest BCUT2D eigenvalue weighted by atomic mass is 10.1. The lowest BCUT2D eigenvalue weighted by Gasteiger charge is -2.23. The molecule has 1 aromatic heterocycles. The number of aliphatic imine (C=N–C) groups is 1. The van der Waals surface area contributed by atoms with Gasteiger partial charge in [0.25, 0.3) is 0 Å². The third-order valence-electron chi connectivity index (χ3n) is 2.85. The Morgan fingerprint density at radius 3 is 2.83 bits per heavy atom. The number of aromatic nitrogens is 1. The number of benzene rings is 1. The van der Waals surface area contributed by atoms with Gasteiger partial charge in [0.15, 0.2) is 5.88 Å². The smallest absolute Gasteiger partial charge is 0.215 e. The maximum atomic E-state index is 9.64. The molecular weight excluding hydrogens is 232 g/mol. The highest BCUT2D eigenvalue weighted by Crippen LogP contribution is 2.34. The first-order valence-corrected chi connectivity index (χ1v) is 5.43. The van der Waals surface area contributed by atoms with Crippen molar-refractivity contribution in [2.45, 2.75) is 6.54 Å². The van der Waals surface area contributed by atoms with Crippen LogP contribution >= 0.6 is 0 Å². The molecule has 1 aromatic carbocycles. The van der Waals surface area contributed by atoms with Crippen LogP contribution in [0, 0.1) is 0 Å². The van der Waals surface area contributed by atoms with Crippen molar-refractivity contribution in [3.63, 3.8) is 0 Å². The van der Waals surface area contributed by atoms with E-state index in [4.69, 9.17) is 5.73 Å². The molecule has 0 atom stereocenters. The number of anilines is 2. The van der Waals surface area contributed by atoms with Gasteiger partial charge in [-0.2, -0.15) is 0 Å². The molecule has 2 aromatic rings. The fraction of sp³-hybridized carbons (Fsp3) is 0.0833. The van der Waals surface area contributed by atoms with Crippen molar-refractivity contribution in [1.29, 1.82) is 0 Å². The van der Waals surface area contributed by atoms with E-state index in [1.54, 1.807) is 17.3 Å². The molecule has 0 amide bonds. The maximum Gasteiger partial charge on any atom is 0.215 e. The topological polar surface area (TPSA) is 97.9 Å². The van der Waals surface area contributed by atoms with Gasteiger partial charge in [0, 0.05) is 11.8 Å². The first-order valence-electron chi connectivity index (χ1n) is 5.43. The van der Waals surface area contributed by atoms with Crippen molar-refractivity contribution in [3.8, 4) is 11.8 Å². The van der Waals surface area contributed by atoms with Crippen LogP contribution in [0.3, 0.4) is 0 Å². The molecule has 92 valence electrons. The summed E-state index contributed by atoms with van der Waals surface area (Å²) in [5.41, 5.74) is 8.71. The van der Waals surface area contributed by atoms with Gasteiger partial charge in [0.2, 0.25) is 5.88 Å². The van der Waals surface area contributed by atoms with Gasteiger partial charge in [-0.05, 0) is 23.8 Å². The number of H-pyrrole nitrogens is 1. The van der Waals surface area contributed by atoms with E-state index in [2.05, 4.69) is 9.98 Å². The number of fused-ring (bicyclic) bond motifs is 1. The Hall–Kier alpha value is -2.63. The number of nitrogen functional groups attached to an aromatic ring is 1. The molecule has 3 rings (SSSR count). The second kappa shape index (κ2) is 3.69. The number of aromatic amines is 1. The van der Waals surface area contributed by atoms with Crippen molar-refractivity contribution >= 4 is 23.4 Å². The van der Waals surface area contributed by atoms with Crippen LogP contribution in [0.5, 0.6) is 11.8 Å². The fourth-order valence-electron chi connectivity index (χ4n) is 2.00. The summed E-state index contributed by atoms with van der Waals surface area (Å²) in [6.07, 6.45) is 1.61. The maximum absolute atomic E-state index is 9.64. The first kappa shape index (κ1) is 10.5. The number of aromatic hydroxyl groups is 2. The van der Waals surface area contributed by atoms with Gasteiger partial charge in [-0.15, -0.1) is 0 Å². The van der Waals surface area contributed by atoms with Crippen molar-refractivity contribution < 1.29 is 10.2 Å². The molecule has 1 aliphatic rings.